The van der Waals surface area contributed by atoms with E-state index in [1.165, 1.54) is 0 Å². The summed E-state index contributed by atoms with van der Waals surface area (Å²) in [6, 6.07) is -0.305. The van der Waals surface area contributed by atoms with Gasteiger partial charge in [0.2, 0.25) is 0 Å². The van der Waals surface area contributed by atoms with Crippen LogP contribution in [0.15, 0.2) is 0 Å². The van der Waals surface area contributed by atoms with Crippen LogP contribution in [0.4, 0.5) is 4.79 Å². The van der Waals surface area contributed by atoms with Crippen molar-refractivity contribution in [3.63, 3.8) is 0 Å². The Bertz CT molecular complexity index is 365. The van der Waals surface area contributed by atoms with Crippen molar-refractivity contribution in [3.8, 4) is 0 Å². The first kappa shape index (κ1) is 17.8. The molecule has 0 heterocycles. The standard InChI is InChI=1S/C15H28N2O4/c1-11-5-7-15(8-6-11,13(18)19)10-16-14(20)17(3)12(2)9-21-4/h11-12H,5-10H2,1-4H3,(H,16,20)(H,18,19). The number of carboxylic acid groups (broad SMARTS) is 1. The zero-order chi connectivity index (χ0) is 16.0. The molecule has 0 spiro atoms. The summed E-state index contributed by atoms with van der Waals surface area (Å²) in [6.07, 6.45) is 3.05. The van der Waals surface area contributed by atoms with Crippen LogP contribution >= 0.6 is 0 Å². The number of nitrogens with one attached hydrogen (secondary N) is 1. The van der Waals surface area contributed by atoms with Crippen molar-refractivity contribution < 1.29 is 19.4 Å². The molecule has 0 saturated heterocycles. The topological polar surface area (TPSA) is 78.9 Å². The SMILES string of the molecule is COCC(C)N(C)C(=O)NCC1(C(=O)O)CCC(C)CC1. The van der Waals surface area contributed by atoms with Crippen molar-refractivity contribution in [1.82, 2.24) is 10.2 Å². The molecular formula is C15H28N2O4. The normalized spacial score (nSPS) is 27.0. The summed E-state index contributed by atoms with van der Waals surface area (Å²) in [5, 5.41) is 12.3. The van der Waals surface area contributed by atoms with Crippen molar-refractivity contribution >= 4 is 12.0 Å². The first-order valence-corrected chi connectivity index (χ1v) is 7.55. The number of hydrogen-bond donors (Lipinski definition) is 2. The van der Waals surface area contributed by atoms with Crippen molar-refractivity contribution in [2.75, 3.05) is 27.3 Å². The molecule has 1 fully saturated rings. The molecule has 1 rings (SSSR count). The van der Waals surface area contributed by atoms with Crippen LogP contribution in [0.2, 0.25) is 0 Å². The van der Waals surface area contributed by atoms with Crippen LogP contribution in [-0.2, 0) is 9.53 Å². The van der Waals surface area contributed by atoms with Gasteiger partial charge in [-0.25, -0.2) is 4.79 Å². The van der Waals surface area contributed by atoms with Crippen LogP contribution in [0, 0.1) is 11.3 Å². The van der Waals surface area contributed by atoms with Gasteiger partial charge in [0, 0.05) is 20.7 Å². The van der Waals surface area contributed by atoms with Gasteiger partial charge in [-0.3, -0.25) is 4.79 Å². The number of urea groups is 1. The second-order valence-corrected chi connectivity index (χ2v) is 6.34. The molecule has 0 aromatic heterocycles. The number of carbonyl (C=O) groups excluding carboxylic acids is 1. The maximum absolute atomic E-state index is 12.1. The number of aliphatic carboxylic acids is 1. The van der Waals surface area contributed by atoms with Crippen LogP contribution in [0.5, 0.6) is 0 Å². The van der Waals surface area contributed by atoms with Crippen LogP contribution in [-0.4, -0.2) is 55.4 Å². The van der Waals surface area contributed by atoms with Gasteiger partial charge in [-0.15, -0.1) is 0 Å². The Hall–Kier alpha value is -1.30. The predicted molar refractivity (Wildman–Crippen MR) is 80.2 cm³/mol. The summed E-state index contributed by atoms with van der Waals surface area (Å²) in [5.74, 6) is -0.236. The minimum Gasteiger partial charge on any atom is -0.481 e. The van der Waals surface area contributed by atoms with Crippen LogP contribution < -0.4 is 5.32 Å². The maximum Gasteiger partial charge on any atom is 0.317 e. The lowest BCUT2D eigenvalue weighted by atomic mass is 9.71. The molecule has 0 aliphatic heterocycles. The average molecular weight is 300 g/mol. The number of rotatable bonds is 6. The fraction of sp³-hybridized carbons (Fsp3) is 0.867. The van der Waals surface area contributed by atoms with Crippen molar-refractivity contribution in [2.24, 2.45) is 11.3 Å². The van der Waals surface area contributed by atoms with Gasteiger partial charge in [-0.2, -0.15) is 0 Å². The van der Waals surface area contributed by atoms with E-state index < -0.39 is 11.4 Å². The number of methoxy groups -OCH3 is 1. The molecule has 0 aromatic carbocycles. The highest BCUT2D eigenvalue weighted by Gasteiger charge is 2.41. The summed E-state index contributed by atoms with van der Waals surface area (Å²) in [7, 11) is 3.28. The molecule has 1 unspecified atom stereocenters. The second-order valence-electron chi connectivity index (χ2n) is 6.34. The monoisotopic (exact) mass is 300 g/mol. The minimum atomic E-state index is -0.812. The van der Waals surface area contributed by atoms with E-state index in [4.69, 9.17) is 4.74 Å². The Morgan fingerprint density at radius 3 is 2.48 bits per heavy atom. The highest BCUT2D eigenvalue weighted by Crippen LogP contribution is 2.38. The van der Waals surface area contributed by atoms with Gasteiger partial charge in [0.05, 0.1) is 18.1 Å². The van der Waals surface area contributed by atoms with E-state index in [1.807, 2.05) is 6.92 Å². The highest BCUT2D eigenvalue weighted by atomic mass is 16.5. The number of likely N-dealkylation sites (N-methyl/N-ethyl adjacent to an activating group) is 1. The number of carboxylic acids is 1. The molecule has 6 heteroatoms. The number of amides is 2. The Morgan fingerprint density at radius 2 is 2.00 bits per heavy atom. The second kappa shape index (κ2) is 7.64. The third-order valence-electron chi connectivity index (χ3n) is 4.65. The van der Waals surface area contributed by atoms with Gasteiger partial charge in [-0.1, -0.05) is 6.92 Å². The number of nitrogens with zero attached hydrogens (tertiary/aromatic N) is 1. The van der Waals surface area contributed by atoms with Crippen LogP contribution in [0.1, 0.15) is 39.5 Å². The summed E-state index contributed by atoms with van der Waals surface area (Å²) in [4.78, 5) is 25.3. The zero-order valence-electron chi connectivity index (χ0n) is 13.5. The predicted octanol–water partition coefficient (Wildman–Crippen LogP) is 1.94. The molecule has 21 heavy (non-hydrogen) atoms. The lowest BCUT2D eigenvalue weighted by Crippen LogP contribution is -2.50. The fourth-order valence-electron chi connectivity index (χ4n) is 2.70. The molecule has 1 saturated carbocycles. The van der Waals surface area contributed by atoms with Gasteiger partial charge in [-0.05, 0) is 38.5 Å². The molecule has 6 nitrogen and oxygen atoms in total. The average Bonchev–Trinajstić information content (AvgIpc) is 2.45. The van der Waals surface area contributed by atoms with E-state index >= 15 is 0 Å². The lowest BCUT2D eigenvalue weighted by Gasteiger charge is -2.36. The van der Waals surface area contributed by atoms with Gasteiger partial charge < -0.3 is 20.1 Å². The largest absolute Gasteiger partial charge is 0.481 e. The number of ether oxygens (including phenoxy) is 1. The van der Waals surface area contributed by atoms with Crippen molar-refractivity contribution in [2.45, 2.75) is 45.6 Å². The molecular weight excluding hydrogens is 272 g/mol. The van der Waals surface area contributed by atoms with Gasteiger partial charge >= 0.3 is 12.0 Å². The Morgan fingerprint density at radius 1 is 1.43 bits per heavy atom. The quantitative estimate of drug-likeness (QED) is 0.786. The third-order valence-corrected chi connectivity index (χ3v) is 4.65. The van der Waals surface area contributed by atoms with Crippen molar-refractivity contribution in [1.29, 1.82) is 0 Å². The smallest absolute Gasteiger partial charge is 0.317 e. The Balaban J connectivity index is 2.58. The van der Waals surface area contributed by atoms with E-state index in [2.05, 4.69) is 12.2 Å². The van der Waals surface area contributed by atoms with Crippen LogP contribution in [0.3, 0.4) is 0 Å². The molecule has 0 radical (unpaired) electrons. The zero-order valence-corrected chi connectivity index (χ0v) is 13.5. The molecule has 122 valence electrons. The number of hydrogen-bond acceptors (Lipinski definition) is 3. The Labute approximate surface area is 126 Å². The van der Waals surface area contributed by atoms with E-state index in [0.29, 0.717) is 25.4 Å². The maximum atomic E-state index is 12.1. The number of carbonyl (C=O) groups is 2. The summed E-state index contributed by atoms with van der Waals surface area (Å²) in [6.45, 7) is 4.67. The van der Waals surface area contributed by atoms with Gasteiger partial charge in [0.25, 0.3) is 0 Å². The van der Waals surface area contributed by atoms with Crippen molar-refractivity contribution in [3.05, 3.63) is 0 Å². The molecule has 0 aromatic rings. The molecule has 1 aliphatic rings. The first-order valence-electron chi connectivity index (χ1n) is 7.55. The first-order chi connectivity index (χ1) is 9.82. The summed E-state index contributed by atoms with van der Waals surface area (Å²) < 4.78 is 5.02. The Kier molecular flexibility index (Phi) is 6.45. The van der Waals surface area contributed by atoms with E-state index in [9.17, 15) is 14.7 Å². The highest BCUT2D eigenvalue weighted by molar-refractivity contribution is 5.78. The molecule has 2 N–H and O–H groups in total. The van der Waals surface area contributed by atoms with Crippen LogP contribution in [0.25, 0.3) is 0 Å². The molecule has 1 atom stereocenters. The molecule has 1 aliphatic carbocycles. The van der Waals surface area contributed by atoms with E-state index in [0.717, 1.165) is 12.8 Å². The van der Waals surface area contributed by atoms with E-state index in [-0.39, 0.29) is 18.6 Å². The minimum absolute atomic E-state index is 0.0536. The van der Waals surface area contributed by atoms with E-state index in [1.54, 1.807) is 19.1 Å². The summed E-state index contributed by atoms with van der Waals surface area (Å²) in [5.41, 5.74) is -0.812. The molecule has 2 amide bonds. The summed E-state index contributed by atoms with van der Waals surface area (Å²) >= 11 is 0. The fourth-order valence-corrected chi connectivity index (χ4v) is 2.70. The van der Waals surface area contributed by atoms with Gasteiger partial charge in [0.1, 0.15) is 0 Å². The van der Waals surface area contributed by atoms with Gasteiger partial charge in [0.15, 0.2) is 0 Å². The third kappa shape index (κ3) is 4.59. The lowest BCUT2D eigenvalue weighted by molar-refractivity contribution is -0.151. The molecule has 0 bridgehead atoms.